The first-order valence-electron chi connectivity index (χ1n) is 13.6. The second kappa shape index (κ2) is 12.4. The molecule has 0 radical (unpaired) electrons. The van der Waals surface area contributed by atoms with Gasteiger partial charge >= 0.3 is 0 Å². The maximum atomic E-state index is 14.9. The van der Waals surface area contributed by atoms with E-state index in [2.05, 4.69) is 6.92 Å². The average Bonchev–Trinajstić information content (AvgIpc) is 2.89. The molecule has 198 valence electrons. The summed E-state index contributed by atoms with van der Waals surface area (Å²) in [5.74, 6) is -2.94. The molecular weight excluding hydrogens is 468 g/mol. The van der Waals surface area contributed by atoms with E-state index < -0.39 is 23.3 Å². The van der Waals surface area contributed by atoms with Gasteiger partial charge in [-0.3, -0.25) is 0 Å². The lowest BCUT2D eigenvalue weighted by Crippen LogP contribution is -2.32. The first-order valence-corrected chi connectivity index (χ1v) is 13.6. The fourth-order valence-electron chi connectivity index (χ4n) is 6.05. The minimum atomic E-state index is -1.24. The van der Waals surface area contributed by atoms with Crippen LogP contribution in [0.25, 0.3) is 11.1 Å². The number of hydrogen-bond donors (Lipinski definition) is 0. The Bertz CT molecular complexity index is 1010. The lowest BCUT2D eigenvalue weighted by molar-refractivity contribution is -0.0421. The van der Waals surface area contributed by atoms with Gasteiger partial charge in [-0.15, -0.1) is 0 Å². The Balaban J connectivity index is 1.32. The van der Waals surface area contributed by atoms with Crippen LogP contribution in [0.4, 0.5) is 17.6 Å². The van der Waals surface area contributed by atoms with Gasteiger partial charge in [-0.25, -0.2) is 13.2 Å². The van der Waals surface area contributed by atoms with Gasteiger partial charge in [0.05, 0.1) is 19.3 Å². The predicted molar refractivity (Wildman–Crippen MR) is 134 cm³/mol. The Morgan fingerprint density at radius 2 is 1.42 bits per heavy atom. The van der Waals surface area contributed by atoms with Crippen molar-refractivity contribution in [2.24, 2.45) is 17.8 Å². The van der Waals surface area contributed by atoms with Crippen molar-refractivity contribution >= 4 is 0 Å². The van der Waals surface area contributed by atoms with Crippen molar-refractivity contribution in [2.75, 3.05) is 13.2 Å². The van der Waals surface area contributed by atoms with Gasteiger partial charge in [0.2, 0.25) is 5.82 Å². The molecule has 2 atom stereocenters. The molecule has 1 saturated carbocycles. The van der Waals surface area contributed by atoms with Crippen LogP contribution < -0.4 is 4.74 Å². The van der Waals surface area contributed by atoms with E-state index in [0.29, 0.717) is 30.3 Å². The first-order chi connectivity index (χ1) is 17.4. The fourth-order valence-corrected chi connectivity index (χ4v) is 6.05. The van der Waals surface area contributed by atoms with E-state index in [9.17, 15) is 17.6 Å². The molecule has 36 heavy (non-hydrogen) atoms. The van der Waals surface area contributed by atoms with Crippen molar-refractivity contribution in [1.82, 2.24) is 0 Å². The normalized spacial score (nSPS) is 24.6. The summed E-state index contributed by atoms with van der Waals surface area (Å²) in [7, 11) is 0. The maximum Gasteiger partial charge on any atom is 0.201 e. The van der Waals surface area contributed by atoms with Crippen molar-refractivity contribution < 1.29 is 27.0 Å². The van der Waals surface area contributed by atoms with Crippen LogP contribution in [0, 0.1) is 41.0 Å². The standard InChI is InChI=1S/C30H38F4O2/c1-3-5-23-14-12-22(18-36-23)20-9-6-19(7-10-20)8-11-21-13-15-24(28(32)27(21)31)25-16-17-26(35-4-2)30(34)29(25)33/h13,15-17,19-20,22-23H,3-12,14,18H2,1-2H3. The molecule has 0 aromatic heterocycles. The highest BCUT2D eigenvalue weighted by atomic mass is 19.2. The summed E-state index contributed by atoms with van der Waals surface area (Å²) in [4.78, 5) is 0. The third-order valence-corrected chi connectivity index (χ3v) is 8.20. The lowest BCUT2D eigenvalue weighted by Gasteiger charge is -2.38. The fraction of sp³-hybridized carbons (Fsp3) is 0.600. The number of hydrogen-bond acceptors (Lipinski definition) is 2. The average molecular weight is 507 g/mol. The summed E-state index contributed by atoms with van der Waals surface area (Å²) in [6, 6.07) is 5.31. The van der Waals surface area contributed by atoms with Gasteiger partial charge in [0, 0.05) is 11.1 Å². The molecule has 0 spiro atoms. The van der Waals surface area contributed by atoms with Crippen LogP contribution in [0.1, 0.15) is 77.2 Å². The molecule has 6 heteroatoms. The van der Waals surface area contributed by atoms with Crippen molar-refractivity contribution in [1.29, 1.82) is 0 Å². The smallest absolute Gasteiger partial charge is 0.201 e. The Morgan fingerprint density at radius 1 is 0.750 bits per heavy atom. The molecule has 0 amide bonds. The number of ether oxygens (including phenoxy) is 2. The quantitative estimate of drug-likeness (QED) is 0.317. The molecule has 2 fully saturated rings. The molecule has 1 aliphatic carbocycles. The molecule has 2 aromatic carbocycles. The van der Waals surface area contributed by atoms with E-state index in [1.54, 1.807) is 6.92 Å². The maximum absolute atomic E-state index is 14.9. The summed E-state index contributed by atoms with van der Waals surface area (Å²) in [5, 5.41) is 0. The van der Waals surface area contributed by atoms with Gasteiger partial charge in [0.25, 0.3) is 0 Å². The lowest BCUT2D eigenvalue weighted by atomic mass is 9.72. The summed E-state index contributed by atoms with van der Waals surface area (Å²) in [6.45, 7) is 4.91. The van der Waals surface area contributed by atoms with Gasteiger partial charge < -0.3 is 9.47 Å². The Hall–Kier alpha value is -2.08. The Kier molecular flexibility index (Phi) is 9.32. The molecule has 2 nitrogen and oxygen atoms in total. The topological polar surface area (TPSA) is 18.5 Å². The zero-order valence-electron chi connectivity index (χ0n) is 21.4. The highest BCUT2D eigenvalue weighted by molar-refractivity contribution is 5.66. The monoisotopic (exact) mass is 506 g/mol. The third-order valence-electron chi connectivity index (χ3n) is 8.20. The van der Waals surface area contributed by atoms with Crippen LogP contribution in [-0.2, 0) is 11.2 Å². The van der Waals surface area contributed by atoms with Crippen LogP contribution in [-0.4, -0.2) is 19.3 Å². The van der Waals surface area contributed by atoms with Crippen LogP contribution in [0.2, 0.25) is 0 Å². The SMILES string of the molecule is CCCC1CCC(C2CCC(CCc3ccc(-c4ccc(OCC)c(F)c4F)c(F)c3F)CC2)CO1. The molecule has 0 N–H and O–H groups in total. The molecule has 2 aromatic rings. The number of halogens is 4. The largest absolute Gasteiger partial charge is 0.491 e. The van der Waals surface area contributed by atoms with Crippen molar-refractivity contribution in [3.8, 4) is 16.9 Å². The molecule has 2 unspecified atom stereocenters. The Morgan fingerprint density at radius 3 is 2.06 bits per heavy atom. The predicted octanol–water partition coefficient (Wildman–Crippen LogP) is 8.64. The van der Waals surface area contributed by atoms with E-state index >= 15 is 0 Å². The number of rotatable bonds is 9. The minimum absolute atomic E-state index is 0.170. The van der Waals surface area contributed by atoms with Gasteiger partial charge in [0.15, 0.2) is 23.2 Å². The summed E-state index contributed by atoms with van der Waals surface area (Å²) < 4.78 is 69.7. The van der Waals surface area contributed by atoms with Crippen LogP contribution >= 0.6 is 0 Å². The minimum Gasteiger partial charge on any atom is -0.491 e. The van der Waals surface area contributed by atoms with Crippen LogP contribution in [0.3, 0.4) is 0 Å². The van der Waals surface area contributed by atoms with Crippen molar-refractivity contribution in [3.05, 3.63) is 53.1 Å². The summed E-state index contributed by atoms with van der Waals surface area (Å²) in [5.41, 5.74) is -0.315. The van der Waals surface area contributed by atoms with Gasteiger partial charge in [-0.2, -0.15) is 4.39 Å². The molecule has 1 heterocycles. The van der Waals surface area contributed by atoms with Crippen LogP contribution in [0.15, 0.2) is 24.3 Å². The Labute approximate surface area is 212 Å². The molecule has 0 bridgehead atoms. The highest BCUT2D eigenvalue weighted by Gasteiger charge is 2.31. The number of aryl methyl sites for hydroxylation is 1. The van der Waals surface area contributed by atoms with Crippen LogP contribution in [0.5, 0.6) is 5.75 Å². The van der Waals surface area contributed by atoms with E-state index in [4.69, 9.17) is 9.47 Å². The van der Waals surface area contributed by atoms with Crippen molar-refractivity contribution in [3.63, 3.8) is 0 Å². The van der Waals surface area contributed by atoms with E-state index in [-0.39, 0.29) is 29.0 Å². The molecule has 1 saturated heterocycles. The van der Waals surface area contributed by atoms with E-state index in [1.165, 1.54) is 56.4 Å². The molecule has 1 aliphatic heterocycles. The molecular formula is C30H38F4O2. The summed E-state index contributed by atoms with van der Waals surface area (Å²) >= 11 is 0. The van der Waals surface area contributed by atoms with Crippen molar-refractivity contribution in [2.45, 2.75) is 84.2 Å². The second-order valence-electron chi connectivity index (χ2n) is 10.5. The van der Waals surface area contributed by atoms with E-state index in [0.717, 1.165) is 32.3 Å². The van der Waals surface area contributed by atoms with E-state index in [1.807, 2.05) is 0 Å². The third kappa shape index (κ3) is 6.07. The zero-order valence-corrected chi connectivity index (χ0v) is 21.4. The molecule has 2 aliphatic rings. The van der Waals surface area contributed by atoms with Gasteiger partial charge in [-0.05, 0) is 87.3 Å². The first kappa shape index (κ1) is 27.0. The van der Waals surface area contributed by atoms with Gasteiger partial charge in [0.1, 0.15) is 0 Å². The number of benzene rings is 2. The highest BCUT2D eigenvalue weighted by Crippen LogP contribution is 2.40. The summed E-state index contributed by atoms with van der Waals surface area (Å²) in [6.07, 6.45) is 11.0. The zero-order chi connectivity index (χ0) is 25.7. The second-order valence-corrected chi connectivity index (χ2v) is 10.5. The van der Waals surface area contributed by atoms with Gasteiger partial charge in [-0.1, -0.05) is 38.3 Å². The molecule has 4 rings (SSSR count).